The van der Waals surface area contributed by atoms with Gasteiger partial charge in [0.05, 0.1) is 28.1 Å². The Balaban J connectivity index is 1.50. The van der Waals surface area contributed by atoms with Crippen LogP contribution in [0.3, 0.4) is 0 Å². The van der Waals surface area contributed by atoms with Crippen LogP contribution in [0.5, 0.6) is 10.8 Å². The summed E-state index contributed by atoms with van der Waals surface area (Å²) in [5, 5.41) is 21.8. The highest BCUT2D eigenvalue weighted by molar-refractivity contribution is 7.90. The molecule has 200 valence electrons. The van der Waals surface area contributed by atoms with Gasteiger partial charge in [-0.2, -0.15) is 0 Å². The number of ether oxygens (including phenoxy) is 1. The molecule has 38 heavy (non-hydrogen) atoms. The first-order valence-corrected chi connectivity index (χ1v) is 14.6. The fraction of sp³-hybridized carbons (Fsp3) is 0.308. The number of anilines is 1. The lowest BCUT2D eigenvalue weighted by molar-refractivity contribution is -0.118. The van der Waals surface area contributed by atoms with Crippen molar-refractivity contribution < 1.29 is 37.8 Å². The largest absolute Gasteiger partial charge is 0.478 e. The number of aromatic nitrogens is 1. The van der Waals surface area contributed by atoms with Gasteiger partial charge in [0.25, 0.3) is 0 Å². The molecule has 0 saturated heterocycles. The van der Waals surface area contributed by atoms with Gasteiger partial charge in [-0.3, -0.25) is 4.79 Å². The van der Waals surface area contributed by atoms with Gasteiger partial charge in [-0.1, -0.05) is 49.2 Å². The molecule has 0 aliphatic heterocycles. The number of carbonyl (C=O) groups is 3. The number of thiazole rings is 1. The molecule has 3 aromatic rings. The molecule has 1 aromatic heterocycles. The number of amides is 1. The monoisotopic (exact) mass is 558 g/mol. The number of carboxylic acid groups (broad SMARTS) is 2. The van der Waals surface area contributed by atoms with Crippen LogP contribution in [0.2, 0.25) is 0 Å². The summed E-state index contributed by atoms with van der Waals surface area (Å²) in [5.41, 5.74) is -0.0563. The number of benzene rings is 2. The Labute approximate surface area is 223 Å². The minimum atomic E-state index is -3.36. The van der Waals surface area contributed by atoms with Crippen molar-refractivity contribution in [3.05, 3.63) is 65.4 Å². The van der Waals surface area contributed by atoms with E-state index in [1.807, 2.05) is 0 Å². The van der Waals surface area contributed by atoms with Gasteiger partial charge in [-0.25, -0.2) is 23.0 Å². The zero-order valence-corrected chi connectivity index (χ0v) is 22.0. The third kappa shape index (κ3) is 6.56. The fourth-order valence-electron chi connectivity index (χ4n) is 4.54. The van der Waals surface area contributed by atoms with Crippen molar-refractivity contribution in [3.8, 4) is 10.8 Å². The van der Waals surface area contributed by atoms with E-state index in [0.717, 1.165) is 61.0 Å². The van der Waals surface area contributed by atoms with Gasteiger partial charge >= 0.3 is 11.9 Å². The third-order valence-electron chi connectivity index (χ3n) is 6.46. The lowest BCUT2D eigenvalue weighted by atomic mass is 9.87. The van der Waals surface area contributed by atoms with Crippen molar-refractivity contribution in [1.82, 2.24) is 4.98 Å². The van der Waals surface area contributed by atoms with E-state index in [0.29, 0.717) is 12.3 Å². The average Bonchev–Trinajstić information content (AvgIpc) is 3.54. The van der Waals surface area contributed by atoms with Crippen LogP contribution in [-0.2, 0) is 14.6 Å². The SMILES string of the molecule is CS(=O)(=O)c1ccc([C@@H](CC2CCCC2)C(=O)Nc2ncc(Oc3ccc(C(=O)O)c(C(=O)O)c3)s2)cc1. The minimum Gasteiger partial charge on any atom is -0.478 e. The number of sulfone groups is 1. The molecule has 1 fully saturated rings. The van der Waals surface area contributed by atoms with Crippen LogP contribution in [0.25, 0.3) is 0 Å². The van der Waals surface area contributed by atoms with Crippen molar-refractivity contribution in [3.63, 3.8) is 0 Å². The van der Waals surface area contributed by atoms with E-state index >= 15 is 0 Å². The molecule has 0 unspecified atom stereocenters. The first kappa shape index (κ1) is 27.3. The average molecular weight is 559 g/mol. The fourth-order valence-corrected chi connectivity index (χ4v) is 5.87. The van der Waals surface area contributed by atoms with Gasteiger partial charge in [-0.15, -0.1) is 0 Å². The molecule has 1 atom stereocenters. The van der Waals surface area contributed by atoms with Crippen LogP contribution in [0.15, 0.2) is 53.6 Å². The quantitative estimate of drug-likeness (QED) is 0.310. The third-order valence-corrected chi connectivity index (χ3v) is 8.38. The molecule has 0 radical (unpaired) electrons. The van der Waals surface area contributed by atoms with Crippen molar-refractivity contribution in [2.24, 2.45) is 5.92 Å². The summed E-state index contributed by atoms with van der Waals surface area (Å²) in [6.45, 7) is 0. The van der Waals surface area contributed by atoms with E-state index in [2.05, 4.69) is 10.3 Å². The predicted octanol–water partition coefficient (Wildman–Crippen LogP) is 5.04. The molecule has 3 N–H and O–H groups in total. The van der Waals surface area contributed by atoms with Crippen LogP contribution < -0.4 is 10.1 Å². The number of aromatic carboxylic acids is 2. The summed E-state index contributed by atoms with van der Waals surface area (Å²) >= 11 is 1.03. The molecular weight excluding hydrogens is 532 g/mol. The van der Waals surface area contributed by atoms with Crippen molar-refractivity contribution >= 4 is 44.2 Å². The maximum Gasteiger partial charge on any atom is 0.336 e. The van der Waals surface area contributed by atoms with E-state index in [1.165, 1.54) is 24.4 Å². The minimum absolute atomic E-state index is 0.110. The van der Waals surface area contributed by atoms with Gasteiger partial charge < -0.3 is 20.3 Å². The summed E-state index contributed by atoms with van der Waals surface area (Å²) in [6.07, 6.45) is 7.46. The Bertz CT molecular complexity index is 1460. The molecule has 4 rings (SSSR count). The van der Waals surface area contributed by atoms with Crippen molar-refractivity contribution in [1.29, 1.82) is 0 Å². The molecule has 1 aliphatic carbocycles. The van der Waals surface area contributed by atoms with Crippen LogP contribution in [0.4, 0.5) is 5.13 Å². The number of nitrogens with zero attached hydrogens (tertiary/aromatic N) is 1. The highest BCUT2D eigenvalue weighted by atomic mass is 32.2. The van der Waals surface area contributed by atoms with Gasteiger partial charge in [0.2, 0.25) is 11.0 Å². The molecule has 10 nitrogen and oxygen atoms in total. The topological polar surface area (TPSA) is 160 Å². The van der Waals surface area contributed by atoms with Crippen molar-refractivity contribution in [2.75, 3.05) is 11.6 Å². The Kier molecular flexibility index (Phi) is 8.12. The molecule has 1 aliphatic rings. The lowest BCUT2D eigenvalue weighted by Crippen LogP contribution is -2.23. The van der Waals surface area contributed by atoms with E-state index in [1.54, 1.807) is 12.1 Å². The summed E-state index contributed by atoms with van der Waals surface area (Å²) in [7, 11) is -3.36. The van der Waals surface area contributed by atoms with Crippen LogP contribution in [0, 0.1) is 5.92 Å². The van der Waals surface area contributed by atoms with Gasteiger partial charge in [0, 0.05) is 6.26 Å². The van der Waals surface area contributed by atoms with E-state index in [4.69, 9.17) is 9.84 Å². The number of hydrogen-bond acceptors (Lipinski definition) is 8. The Hall–Kier alpha value is -3.77. The van der Waals surface area contributed by atoms with Crippen LogP contribution in [0.1, 0.15) is 64.3 Å². The predicted molar refractivity (Wildman–Crippen MR) is 140 cm³/mol. The Morgan fingerprint density at radius 2 is 1.71 bits per heavy atom. The molecule has 12 heteroatoms. The Morgan fingerprint density at radius 1 is 1.05 bits per heavy atom. The number of carboxylic acids is 2. The molecule has 1 heterocycles. The molecule has 1 saturated carbocycles. The smallest absolute Gasteiger partial charge is 0.336 e. The van der Waals surface area contributed by atoms with E-state index < -0.39 is 33.3 Å². The molecule has 0 spiro atoms. The number of carbonyl (C=O) groups excluding carboxylic acids is 1. The summed E-state index contributed by atoms with van der Waals surface area (Å²) in [6, 6.07) is 9.96. The normalized spacial score (nSPS) is 14.7. The van der Waals surface area contributed by atoms with Crippen molar-refractivity contribution in [2.45, 2.75) is 42.9 Å². The zero-order valence-electron chi connectivity index (χ0n) is 20.4. The van der Waals surface area contributed by atoms with E-state index in [-0.39, 0.29) is 32.3 Å². The highest BCUT2D eigenvalue weighted by Crippen LogP contribution is 2.36. The highest BCUT2D eigenvalue weighted by Gasteiger charge is 2.28. The number of nitrogens with one attached hydrogen (secondary N) is 1. The molecule has 2 aromatic carbocycles. The van der Waals surface area contributed by atoms with Gasteiger partial charge in [0.15, 0.2) is 15.0 Å². The second-order valence-electron chi connectivity index (χ2n) is 9.17. The van der Waals surface area contributed by atoms with Crippen LogP contribution >= 0.6 is 11.3 Å². The summed E-state index contributed by atoms with van der Waals surface area (Å²) in [4.78, 5) is 40.4. The first-order valence-electron chi connectivity index (χ1n) is 11.9. The molecule has 0 bridgehead atoms. The number of rotatable bonds is 10. The first-order chi connectivity index (χ1) is 18.0. The molecule has 1 amide bonds. The standard InChI is InChI=1S/C26H26N2O8S2/c1-38(34,35)18-9-6-16(7-10-18)20(12-15-4-2-3-5-15)23(29)28-26-27-14-22(37-26)36-17-8-11-19(24(30)31)21(13-17)25(32)33/h6-11,13-15,20H,2-5,12H2,1H3,(H,30,31)(H,32,33)(H,27,28,29)/t20-/m1/s1. The van der Waals surface area contributed by atoms with Gasteiger partial charge in [0.1, 0.15) is 5.75 Å². The summed E-state index contributed by atoms with van der Waals surface area (Å²) < 4.78 is 29.3. The lowest BCUT2D eigenvalue weighted by Gasteiger charge is -2.20. The number of hydrogen-bond donors (Lipinski definition) is 3. The Morgan fingerprint density at radius 3 is 2.32 bits per heavy atom. The maximum atomic E-state index is 13.3. The second kappa shape index (κ2) is 11.3. The summed E-state index contributed by atoms with van der Waals surface area (Å²) in [5.74, 6) is -3.03. The van der Waals surface area contributed by atoms with Crippen LogP contribution in [-0.4, -0.2) is 47.7 Å². The zero-order chi connectivity index (χ0) is 27.4. The van der Waals surface area contributed by atoms with Gasteiger partial charge in [-0.05, 0) is 48.2 Å². The molecular formula is C26H26N2O8S2. The van der Waals surface area contributed by atoms with E-state index in [9.17, 15) is 27.9 Å². The maximum absolute atomic E-state index is 13.3. The second-order valence-corrected chi connectivity index (χ2v) is 12.2.